The SMILES string of the molecule is CCN1c2cc(C)ccc2-n2cccc2C12CCN(C(=O)c1ccc(F)cc1)CC2. The van der Waals surface area contributed by atoms with Crippen molar-refractivity contribution >= 4 is 11.6 Å². The number of benzene rings is 2. The van der Waals surface area contributed by atoms with Crippen LogP contribution in [0.25, 0.3) is 5.69 Å². The topological polar surface area (TPSA) is 28.5 Å². The second-order valence-electron chi connectivity index (χ2n) is 8.33. The minimum atomic E-state index is -0.320. The smallest absolute Gasteiger partial charge is 0.253 e. The van der Waals surface area contributed by atoms with E-state index in [2.05, 4.69) is 59.8 Å². The molecule has 154 valence electrons. The number of piperidine rings is 1. The molecule has 2 aromatic carbocycles. The van der Waals surface area contributed by atoms with E-state index in [0.717, 1.165) is 19.4 Å². The number of halogens is 1. The third-order valence-corrected chi connectivity index (χ3v) is 6.71. The number of likely N-dealkylation sites (tertiary alicyclic amines) is 1. The molecule has 0 N–H and O–H groups in total. The molecule has 0 atom stereocenters. The highest BCUT2D eigenvalue weighted by Gasteiger charge is 2.46. The molecule has 1 saturated heterocycles. The predicted octanol–water partition coefficient (Wildman–Crippen LogP) is 4.90. The van der Waals surface area contributed by atoms with Crippen LogP contribution >= 0.6 is 0 Å². The molecule has 3 aromatic rings. The lowest BCUT2D eigenvalue weighted by atomic mass is 9.80. The first-order valence-corrected chi connectivity index (χ1v) is 10.6. The van der Waals surface area contributed by atoms with Crippen molar-refractivity contribution in [2.24, 2.45) is 0 Å². The Morgan fingerprint density at radius 2 is 1.77 bits per heavy atom. The molecule has 2 aliphatic rings. The van der Waals surface area contributed by atoms with Gasteiger partial charge >= 0.3 is 0 Å². The number of fused-ring (bicyclic) bond motifs is 4. The number of carbonyl (C=O) groups is 1. The van der Waals surface area contributed by atoms with Crippen LogP contribution in [0.4, 0.5) is 10.1 Å². The highest BCUT2D eigenvalue weighted by molar-refractivity contribution is 5.94. The molecule has 2 aliphatic heterocycles. The van der Waals surface area contributed by atoms with Crippen molar-refractivity contribution in [3.05, 3.63) is 83.4 Å². The van der Waals surface area contributed by atoms with Crippen molar-refractivity contribution in [2.75, 3.05) is 24.5 Å². The molecule has 1 spiro atoms. The number of anilines is 1. The quantitative estimate of drug-likeness (QED) is 0.609. The molecule has 4 nitrogen and oxygen atoms in total. The molecular formula is C25H26FN3O. The van der Waals surface area contributed by atoms with Crippen LogP contribution in [-0.4, -0.2) is 35.0 Å². The summed E-state index contributed by atoms with van der Waals surface area (Å²) in [7, 11) is 0. The molecule has 0 bridgehead atoms. The number of hydrogen-bond donors (Lipinski definition) is 0. The number of aromatic nitrogens is 1. The van der Waals surface area contributed by atoms with Crippen molar-refractivity contribution < 1.29 is 9.18 Å². The van der Waals surface area contributed by atoms with Gasteiger partial charge < -0.3 is 14.4 Å². The summed E-state index contributed by atoms with van der Waals surface area (Å²) in [5.41, 5.74) is 5.46. The highest BCUT2D eigenvalue weighted by Crippen LogP contribution is 2.48. The Balaban J connectivity index is 1.48. The first-order chi connectivity index (χ1) is 14.5. The van der Waals surface area contributed by atoms with Gasteiger partial charge in [-0.25, -0.2) is 4.39 Å². The number of hydrogen-bond acceptors (Lipinski definition) is 2. The summed E-state index contributed by atoms with van der Waals surface area (Å²) in [5, 5.41) is 0. The van der Waals surface area contributed by atoms with Gasteiger partial charge in [0, 0.05) is 37.1 Å². The van der Waals surface area contributed by atoms with Crippen molar-refractivity contribution in [1.82, 2.24) is 9.47 Å². The van der Waals surface area contributed by atoms with Crippen LogP contribution in [0, 0.1) is 12.7 Å². The van der Waals surface area contributed by atoms with E-state index in [4.69, 9.17) is 0 Å². The predicted molar refractivity (Wildman–Crippen MR) is 117 cm³/mol. The molecule has 3 heterocycles. The van der Waals surface area contributed by atoms with Crippen LogP contribution in [0.5, 0.6) is 0 Å². The van der Waals surface area contributed by atoms with Crippen LogP contribution < -0.4 is 4.90 Å². The second-order valence-corrected chi connectivity index (χ2v) is 8.33. The van der Waals surface area contributed by atoms with Gasteiger partial charge in [-0.2, -0.15) is 0 Å². The third kappa shape index (κ3) is 2.76. The van der Waals surface area contributed by atoms with Gasteiger partial charge in [0.1, 0.15) is 5.82 Å². The van der Waals surface area contributed by atoms with Gasteiger partial charge in [0.2, 0.25) is 0 Å². The first-order valence-electron chi connectivity index (χ1n) is 10.6. The van der Waals surface area contributed by atoms with Crippen LogP contribution in [0.15, 0.2) is 60.8 Å². The molecule has 1 fully saturated rings. The Hall–Kier alpha value is -3.08. The van der Waals surface area contributed by atoms with E-state index in [-0.39, 0.29) is 17.3 Å². The molecule has 1 amide bonds. The Kier molecular flexibility index (Phi) is 4.42. The molecule has 1 aromatic heterocycles. The minimum absolute atomic E-state index is 0.0182. The van der Waals surface area contributed by atoms with Crippen LogP contribution in [-0.2, 0) is 5.54 Å². The average Bonchev–Trinajstić information content (AvgIpc) is 3.25. The van der Waals surface area contributed by atoms with Crippen LogP contribution in [0.3, 0.4) is 0 Å². The zero-order chi connectivity index (χ0) is 20.9. The summed E-state index contributed by atoms with van der Waals surface area (Å²) >= 11 is 0. The second kappa shape index (κ2) is 7.01. The van der Waals surface area contributed by atoms with Crippen LogP contribution in [0.2, 0.25) is 0 Å². The first kappa shape index (κ1) is 18.9. The van der Waals surface area contributed by atoms with E-state index >= 15 is 0 Å². The van der Waals surface area contributed by atoms with E-state index in [0.29, 0.717) is 18.7 Å². The zero-order valence-corrected chi connectivity index (χ0v) is 17.4. The van der Waals surface area contributed by atoms with E-state index in [1.165, 1.54) is 34.8 Å². The van der Waals surface area contributed by atoms with Gasteiger partial charge in [-0.3, -0.25) is 4.79 Å². The molecule has 5 rings (SSSR count). The monoisotopic (exact) mass is 403 g/mol. The van der Waals surface area contributed by atoms with E-state index in [1.54, 1.807) is 12.1 Å². The fraction of sp³-hybridized carbons (Fsp3) is 0.320. The van der Waals surface area contributed by atoms with Gasteiger partial charge in [0.05, 0.1) is 16.9 Å². The normalized spacial score (nSPS) is 17.0. The molecule has 0 saturated carbocycles. The lowest BCUT2D eigenvalue weighted by Gasteiger charge is -2.53. The van der Waals surface area contributed by atoms with Crippen molar-refractivity contribution in [2.45, 2.75) is 32.2 Å². The van der Waals surface area contributed by atoms with Gasteiger partial charge in [0.15, 0.2) is 0 Å². The summed E-state index contributed by atoms with van der Waals surface area (Å²) in [5.74, 6) is -0.338. The van der Waals surface area contributed by atoms with E-state index < -0.39 is 0 Å². The van der Waals surface area contributed by atoms with Gasteiger partial charge in [-0.1, -0.05) is 6.07 Å². The fourth-order valence-electron chi connectivity index (χ4n) is 5.25. The Bertz CT molecular complexity index is 1090. The maximum absolute atomic E-state index is 13.2. The Morgan fingerprint density at radius 3 is 2.47 bits per heavy atom. The van der Waals surface area contributed by atoms with Crippen LogP contribution in [0.1, 0.15) is 41.4 Å². The highest BCUT2D eigenvalue weighted by atomic mass is 19.1. The van der Waals surface area contributed by atoms with Crippen molar-refractivity contribution in [1.29, 1.82) is 0 Å². The minimum Gasteiger partial charge on any atom is -0.359 e. The zero-order valence-electron chi connectivity index (χ0n) is 17.4. The van der Waals surface area contributed by atoms with Crippen molar-refractivity contribution in [3.8, 4) is 5.69 Å². The van der Waals surface area contributed by atoms with E-state index in [9.17, 15) is 9.18 Å². The Labute approximate surface area is 176 Å². The fourth-order valence-corrected chi connectivity index (χ4v) is 5.25. The maximum Gasteiger partial charge on any atom is 0.253 e. The summed E-state index contributed by atoms with van der Waals surface area (Å²) in [6, 6.07) is 16.8. The molecule has 0 radical (unpaired) electrons. The third-order valence-electron chi connectivity index (χ3n) is 6.71. The summed E-state index contributed by atoms with van der Waals surface area (Å²) in [6.07, 6.45) is 3.88. The summed E-state index contributed by atoms with van der Waals surface area (Å²) < 4.78 is 15.6. The lowest BCUT2D eigenvalue weighted by Crippen LogP contribution is -2.57. The van der Waals surface area contributed by atoms with Gasteiger partial charge in [0.25, 0.3) is 5.91 Å². The summed E-state index contributed by atoms with van der Waals surface area (Å²) in [4.78, 5) is 17.4. The number of aryl methyl sites for hydroxylation is 1. The number of rotatable bonds is 2. The molecular weight excluding hydrogens is 377 g/mol. The number of nitrogens with zero attached hydrogens (tertiary/aromatic N) is 3. The standard InChI is InChI=1S/C25H26FN3O/c1-3-29-22-17-18(2)6-11-21(22)28-14-4-5-23(28)25(29)12-15-27(16-13-25)24(30)19-7-9-20(26)10-8-19/h4-11,14,17H,3,12-13,15-16H2,1-2H3. The Morgan fingerprint density at radius 1 is 1.03 bits per heavy atom. The summed E-state index contributed by atoms with van der Waals surface area (Å²) in [6.45, 7) is 6.62. The number of amides is 1. The average molecular weight is 404 g/mol. The lowest BCUT2D eigenvalue weighted by molar-refractivity contribution is 0.0656. The van der Waals surface area contributed by atoms with Gasteiger partial charge in [-0.15, -0.1) is 0 Å². The van der Waals surface area contributed by atoms with Crippen molar-refractivity contribution in [3.63, 3.8) is 0 Å². The molecule has 0 unspecified atom stereocenters. The largest absolute Gasteiger partial charge is 0.359 e. The maximum atomic E-state index is 13.2. The molecule has 30 heavy (non-hydrogen) atoms. The van der Waals surface area contributed by atoms with E-state index in [1.807, 2.05) is 4.90 Å². The molecule has 0 aliphatic carbocycles. The van der Waals surface area contributed by atoms with Gasteiger partial charge in [-0.05, 0) is 80.8 Å². The molecule has 5 heteroatoms. The number of carbonyl (C=O) groups excluding carboxylic acids is 1.